The highest BCUT2D eigenvalue weighted by atomic mass is 32.2. The predicted octanol–water partition coefficient (Wildman–Crippen LogP) is 5.89. The zero-order valence-electron chi connectivity index (χ0n) is 23.6. The van der Waals surface area contributed by atoms with Gasteiger partial charge < -0.3 is 19.7 Å². The summed E-state index contributed by atoms with van der Waals surface area (Å²) in [4.78, 5) is 38.0. The normalized spacial score (nSPS) is 11.5. The summed E-state index contributed by atoms with van der Waals surface area (Å²) in [6, 6.07) is 16.5. The molecular weight excluding hydrogens is 562 g/mol. The maximum Gasteiger partial charge on any atom is 0.251 e. The summed E-state index contributed by atoms with van der Waals surface area (Å²) in [6.45, 7) is 3.61. The summed E-state index contributed by atoms with van der Waals surface area (Å²) in [6.07, 6.45) is 0. The number of nitrogens with zero attached hydrogens (tertiary/aromatic N) is 3. The summed E-state index contributed by atoms with van der Waals surface area (Å²) in [7, 11) is 2.96. The van der Waals surface area contributed by atoms with Gasteiger partial charge in [0.25, 0.3) is 5.91 Å². The van der Waals surface area contributed by atoms with E-state index >= 15 is 0 Å². The molecule has 42 heavy (non-hydrogen) atoms. The second kappa shape index (κ2) is 13.9. The van der Waals surface area contributed by atoms with Crippen molar-refractivity contribution in [1.82, 2.24) is 14.9 Å². The number of thioether (sulfide) groups is 1. The number of methoxy groups -OCH3 is 2. The minimum absolute atomic E-state index is 0.0538. The lowest BCUT2D eigenvalue weighted by Gasteiger charge is -2.32. The summed E-state index contributed by atoms with van der Waals surface area (Å²) < 4.78 is 38.8. The van der Waals surface area contributed by atoms with Crippen LogP contribution in [0.4, 0.5) is 14.5 Å². The first-order chi connectivity index (χ1) is 20.2. The average Bonchev–Trinajstić information content (AvgIpc) is 2.96. The number of aryl methyl sites for hydroxylation is 2. The lowest BCUT2D eigenvalue weighted by Crippen LogP contribution is -2.42. The van der Waals surface area contributed by atoms with Gasteiger partial charge in [-0.1, -0.05) is 36.0 Å². The number of carbonyl (C=O) groups is 2. The van der Waals surface area contributed by atoms with Gasteiger partial charge in [0.1, 0.15) is 29.2 Å². The van der Waals surface area contributed by atoms with E-state index in [0.717, 1.165) is 23.1 Å². The van der Waals surface area contributed by atoms with Crippen molar-refractivity contribution in [2.75, 3.05) is 25.3 Å². The van der Waals surface area contributed by atoms with E-state index < -0.39 is 29.5 Å². The first kappa shape index (κ1) is 30.4. The van der Waals surface area contributed by atoms with E-state index in [2.05, 4.69) is 15.3 Å². The highest BCUT2D eigenvalue weighted by Crippen LogP contribution is 2.32. The average molecular weight is 593 g/mol. The van der Waals surface area contributed by atoms with Gasteiger partial charge in [0.15, 0.2) is 5.16 Å². The van der Waals surface area contributed by atoms with Crippen LogP contribution in [0.25, 0.3) is 0 Å². The molecule has 3 aromatic carbocycles. The summed E-state index contributed by atoms with van der Waals surface area (Å²) in [5, 5.41) is 3.24. The molecule has 0 saturated heterocycles. The van der Waals surface area contributed by atoms with Crippen LogP contribution in [0.15, 0.2) is 78.0 Å². The fourth-order valence-corrected chi connectivity index (χ4v) is 5.17. The minimum Gasteiger partial charge on any atom is -0.497 e. The Bertz CT molecular complexity index is 1550. The van der Waals surface area contributed by atoms with Crippen molar-refractivity contribution >= 4 is 29.3 Å². The molecule has 0 bridgehead atoms. The molecule has 4 rings (SSSR count). The molecule has 0 aliphatic carbocycles. The molecule has 1 atom stereocenters. The van der Waals surface area contributed by atoms with E-state index in [1.807, 2.05) is 19.9 Å². The Hall–Kier alpha value is -4.51. The Morgan fingerprint density at radius 2 is 1.62 bits per heavy atom. The Labute approximate surface area is 247 Å². The Balaban J connectivity index is 1.73. The Kier molecular flexibility index (Phi) is 10.1. The van der Waals surface area contributed by atoms with Crippen LogP contribution in [0.1, 0.15) is 28.6 Å². The maximum absolute atomic E-state index is 14.5. The highest BCUT2D eigenvalue weighted by Gasteiger charge is 2.33. The zero-order chi connectivity index (χ0) is 30.2. The second-order valence-corrected chi connectivity index (χ2v) is 10.3. The van der Waals surface area contributed by atoms with E-state index in [4.69, 9.17) is 9.47 Å². The molecule has 2 amide bonds. The molecule has 1 N–H and O–H groups in total. The molecule has 1 aromatic heterocycles. The minimum atomic E-state index is -1.26. The number of rotatable bonds is 11. The van der Waals surface area contributed by atoms with Gasteiger partial charge in [0, 0.05) is 24.0 Å². The third-order valence-electron chi connectivity index (χ3n) is 6.26. The van der Waals surface area contributed by atoms with Gasteiger partial charge in [-0.25, -0.2) is 18.7 Å². The molecule has 0 radical (unpaired) electrons. The van der Waals surface area contributed by atoms with Crippen molar-refractivity contribution in [1.29, 1.82) is 0 Å². The first-order valence-electron chi connectivity index (χ1n) is 12.9. The smallest absolute Gasteiger partial charge is 0.251 e. The molecule has 0 spiro atoms. The molecule has 1 unspecified atom stereocenters. The lowest BCUT2D eigenvalue weighted by atomic mass is 10.0. The summed E-state index contributed by atoms with van der Waals surface area (Å²) in [5.74, 6) is -1.30. The lowest BCUT2D eigenvalue weighted by molar-refractivity contribution is -0.137. The number of anilines is 1. The molecule has 0 aliphatic rings. The topological polar surface area (TPSA) is 93.7 Å². The summed E-state index contributed by atoms with van der Waals surface area (Å²) in [5.41, 5.74) is 2.67. The number of carbonyl (C=O) groups excluding carboxylic acids is 2. The number of hydrogen-bond acceptors (Lipinski definition) is 7. The van der Waals surface area contributed by atoms with Gasteiger partial charge in [-0.3, -0.25) is 9.59 Å². The number of ether oxygens (including phenoxy) is 2. The largest absolute Gasteiger partial charge is 0.497 e. The Morgan fingerprint density at radius 3 is 2.26 bits per heavy atom. The van der Waals surface area contributed by atoms with Crippen molar-refractivity contribution in [2.45, 2.75) is 31.6 Å². The van der Waals surface area contributed by atoms with E-state index in [9.17, 15) is 18.4 Å². The molecule has 0 saturated carbocycles. The van der Waals surface area contributed by atoms with Crippen molar-refractivity contribution in [3.05, 3.63) is 107 Å². The van der Waals surface area contributed by atoms with Crippen LogP contribution in [0.2, 0.25) is 0 Å². The van der Waals surface area contributed by atoms with Crippen LogP contribution in [-0.2, 0) is 16.1 Å². The number of amides is 2. The second-order valence-electron chi connectivity index (χ2n) is 9.38. The van der Waals surface area contributed by atoms with Crippen LogP contribution in [0.5, 0.6) is 11.5 Å². The van der Waals surface area contributed by atoms with Crippen LogP contribution in [0.3, 0.4) is 0 Å². The van der Waals surface area contributed by atoms with E-state index in [1.54, 1.807) is 24.3 Å². The molecule has 0 fully saturated rings. The fourth-order valence-electron chi connectivity index (χ4n) is 4.33. The van der Waals surface area contributed by atoms with E-state index in [0.29, 0.717) is 27.9 Å². The molecular formula is C31H30F2N4O4S. The standard InChI is InChI=1S/C31H30F2N4O4S/c1-19-14-20(2)35-31(34-19)42-18-28(38)37(17-21-8-10-23(32)11-9-21)29(22-6-5-7-24(33)15-22)30(39)36-26-13-12-25(40-3)16-27(26)41-4/h5-16,29H,17-18H2,1-4H3,(H,36,39). The summed E-state index contributed by atoms with van der Waals surface area (Å²) >= 11 is 1.13. The van der Waals surface area contributed by atoms with Crippen LogP contribution in [-0.4, -0.2) is 46.7 Å². The number of nitrogens with one attached hydrogen (secondary N) is 1. The maximum atomic E-state index is 14.5. The number of aromatic nitrogens is 2. The first-order valence-corrected chi connectivity index (χ1v) is 13.9. The molecule has 0 aliphatic heterocycles. The van der Waals surface area contributed by atoms with Gasteiger partial charge in [-0.15, -0.1) is 0 Å². The van der Waals surface area contributed by atoms with Crippen molar-refractivity contribution in [3.8, 4) is 11.5 Å². The van der Waals surface area contributed by atoms with Crippen LogP contribution >= 0.6 is 11.8 Å². The monoisotopic (exact) mass is 592 g/mol. The van der Waals surface area contributed by atoms with Crippen LogP contribution in [0, 0.1) is 25.5 Å². The number of benzene rings is 3. The predicted molar refractivity (Wildman–Crippen MR) is 156 cm³/mol. The van der Waals surface area contributed by atoms with Crippen molar-refractivity contribution in [2.24, 2.45) is 0 Å². The van der Waals surface area contributed by atoms with Gasteiger partial charge in [0.05, 0.1) is 25.7 Å². The van der Waals surface area contributed by atoms with Gasteiger partial charge in [0.2, 0.25) is 5.91 Å². The quantitative estimate of drug-likeness (QED) is 0.172. The molecule has 11 heteroatoms. The Morgan fingerprint density at radius 1 is 0.905 bits per heavy atom. The van der Waals surface area contributed by atoms with Crippen LogP contribution < -0.4 is 14.8 Å². The van der Waals surface area contributed by atoms with E-state index in [1.165, 1.54) is 61.6 Å². The SMILES string of the molecule is COc1ccc(NC(=O)C(c2cccc(F)c2)N(Cc2ccc(F)cc2)C(=O)CSc2nc(C)cc(C)n2)c(OC)c1. The fraction of sp³-hybridized carbons (Fsp3) is 0.226. The van der Waals surface area contributed by atoms with Crippen molar-refractivity contribution < 1.29 is 27.8 Å². The van der Waals surface area contributed by atoms with Gasteiger partial charge in [-0.2, -0.15) is 0 Å². The molecule has 1 heterocycles. The molecule has 4 aromatic rings. The highest BCUT2D eigenvalue weighted by molar-refractivity contribution is 7.99. The van der Waals surface area contributed by atoms with Gasteiger partial charge >= 0.3 is 0 Å². The molecule has 218 valence electrons. The van der Waals surface area contributed by atoms with Gasteiger partial charge in [-0.05, 0) is 67.4 Å². The number of hydrogen-bond donors (Lipinski definition) is 1. The molecule has 8 nitrogen and oxygen atoms in total. The van der Waals surface area contributed by atoms with E-state index in [-0.39, 0.29) is 17.9 Å². The zero-order valence-corrected chi connectivity index (χ0v) is 24.4. The number of halogens is 2. The third kappa shape index (κ3) is 7.82. The third-order valence-corrected chi connectivity index (χ3v) is 7.10. The van der Waals surface area contributed by atoms with Crippen molar-refractivity contribution in [3.63, 3.8) is 0 Å².